The zero-order valence-electron chi connectivity index (χ0n) is 15.2. The van der Waals surface area contributed by atoms with Gasteiger partial charge in [-0.05, 0) is 49.4 Å². The van der Waals surface area contributed by atoms with Crippen LogP contribution in [0.25, 0.3) is 0 Å². The standard InChI is InChI=1S/C22H23ClN2O2/c1-13-7-5-6-10-18(13)24-22(26)20-19-14-11-16(17(23)12-14)21(19)27-25(20)15-8-3-2-4-9-15/h2-10,14,16-17,19-21H,11-12H2,1H3,(H,24,26)/t14?,16?,17?,19-,20?,21?/m1/s1. The minimum absolute atomic E-state index is 0.000625. The molecule has 5 rings (SSSR count). The summed E-state index contributed by atoms with van der Waals surface area (Å²) in [4.78, 5) is 19.8. The maximum Gasteiger partial charge on any atom is 0.250 e. The van der Waals surface area contributed by atoms with Crippen molar-refractivity contribution >= 4 is 28.9 Å². The smallest absolute Gasteiger partial charge is 0.250 e. The zero-order chi connectivity index (χ0) is 18.5. The lowest BCUT2D eigenvalue weighted by atomic mass is 9.81. The molecule has 4 nitrogen and oxygen atoms in total. The first-order valence-corrected chi connectivity index (χ1v) is 10.1. The van der Waals surface area contributed by atoms with Crippen molar-refractivity contribution in [2.24, 2.45) is 17.8 Å². The highest BCUT2D eigenvalue weighted by Crippen LogP contribution is 2.57. The van der Waals surface area contributed by atoms with E-state index in [0.29, 0.717) is 11.8 Å². The molecule has 0 radical (unpaired) electrons. The predicted octanol–water partition coefficient (Wildman–Crippen LogP) is 4.39. The third-order valence-corrected chi connectivity index (χ3v) is 6.95. The molecular formula is C22H23ClN2O2. The topological polar surface area (TPSA) is 41.6 Å². The number of amides is 1. The molecule has 6 atom stereocenters. The molecule has 1 saturated heterocycles. The molecule has 5 unspecified atom stereocenters. The highest BCUT2D eigenvalue weighted by Gasteiger charge is 2.62. The van der Waals surface area contributed by atoms with Gasteiger partial charge in [0.2, 0.25) is 5.91 Å². The molecular weight excluding hydrogens is 360 g/mol. The highest BCUT2D eigenvalue weighted by atomic mass is 35.5. The average Bonchev–Trinajstić information content (AvgIpc) is 3.34. The Bertz CT molecular complexity index is 858. The first kappa shape index (κ1) is 17.1. The number of alkyl halides is 1. The van der Waals surface area contributed by atoms with E-state index in [9.17, 15) is 4.79 Å². The van der Waals surface area contributed by atoms with E-state index >= 15 is 0 Å². The van der Waals surface area contributed by atoms with Crippen molar-refractivity contribution in [2.45, 2.75) is 37.3 Å². The number of fused-ring (bicyclic) bond motifs is 5. The molecule has 5 heteroatoms. The predicted molar refractivity (Wildman–Crippen MR) is 107 cm³/mol. The number of carbonyl (C=O) groups is 1. The average molecular weight is 383 g/mol. The van der Waals surface area contributed by atoms with Gasteiger partial charge in [-0.1, -0.05) is 36.4 Å². The summed E-state index contributed by atoms with van der Waals surface area (Å²) in [6.07, 6.45) is 2.08. The first-order chi connectivity index (χ1) is 13.1. The maximum atomic E-state index is 13.4. The lowest BCUT2D eigenvalue weighted by Crippen LogP contribution is -2.45. The lowest BCUT2D eigenvalue weighted by Gasteiger charge is -2.29. The van der Waals surface area contributed by atoms with Crippen molar-refractivity contribution in [3.8, 4) is 0 Å². The van der Waals surface area contributed by atoms with Gasteiger partial charge in [0, 0.05) is 22.9 Å². The number of halogens is 1. The lowest BCUT2D eigenvalue weighted by molar-refractivity contribution is -0.118. The summed E-state index contributed by atoms with van der Waals surface area (Å²) < 4.78 is 0. The largest absolute Gasteiger partial charge is 0.324 e. The van der Waals surface area contributed by atoms with Gasteiger partial charge in [-0.25, -0.2) is 5.06 Å². The molecule has 2 aromatic rings. The summed E-state index contributed by atoms with van der Waals surface area (Å²) in [5.41, 5.74) is 2.83. The van der Waals surface area contributed by atoms with Crippen LogP contribution in [0.4, 0.5) is 11.4 Å². The number of anilines is 2. The van der Waals surface area contributed by atoms with Crippen molar-refractivity contribution in [2.75, 3.05) is 10.4 Å². The van der Waals surface area contributed by atoms with Crippen molar-refractivity contribution in [1.29, 1.82) is 0 Å². The van der Waals surface area contributed by atoms with E-state index in [4.69, 9.17) is 16.4 Å². The van der Waals surface area contributed by atoms with Gasteiger partial charge in [0.05, 0.1) is 11.8 Å². The molecule has 1 N–H and O–H groups in total. The second-order valence-electron chi connectivity index (χ2n) is 7.97. The van der Waals surface area contributed by atoms with E-state index in [0.717, 1.165) is 29.8 Å². The summed E-state index contributed by atoms with van der Waals surface area (Å²) in [5, 5.41) is 5.13. The molecule has 2 aliphatic carbocycles. The Morgan fingerprint density at radius 2 is 1.85 bits per heavy atom. The first-order valence-electron chi connectivity index (χ1n) is 9.65. The van der Waals surface area contributed by atoms with Crippen LogP contribution in [0.3, 0.4) is 0 Å². The number of hydrogen-bond donors (Lipinski definition) is 1. The van der Waals surface area contributed by atoms with Crippen molar-refractivity contribution in [1.82, 2.24) is 0 Å². The van der Waals surface area contributed by atoms with Crippen LogP contribution in [-0.4, -0.2) is 23.4 Å². The summed E-state index contributed by atoms with van der Waals surface area (Å²) in [5.74, 6) is 0.974. The third-order valence-electron chi connectivity index (χ3n) is 6.45. The summed E-state index contributed by atoms with van der Waals surface area (Å²) in [7, 11) is 0. The van der Waals surface area contributed by atoms with E-state index in [1.54, 1.807) is 0 Å². The van der Waals surface area contributed by atoms with Crippen molar-refractivity contribution in [3.05, 3.63) is 60.2 Å². The molecule has 27 heavy (non-hydrogen) atoms. The number of hydroxylamine groups is 1. The number of rotatable bonds is 3. The molecule has 1 amide bonds. The third kappa shape index (κ3) is 2.74. The molecule has 2 aromatic carbocycles. The minimum Gasteiger partial charge on any atom is -0.324 e. The van der Waals surface area contributed by atoms with E-state index in [1.807, 2.05) is 66.6 Å². The summed E-state index contributed by atoms with van der Waals surface area (Å²) >= 11 is 6.55. The van der Waals surface area contributed by atoms with Gasteiger partial charge in [-0.2, -0.15) is 0 Å². The Hall–Kier alpha value is -2.04. The molecule has 2 saturated carbocycles. The van der Waals surface area contributed by atoms with Crippen LogP contribution in [0.15, 0.2) is 54.6 Å². The highest BCUT2D eigenvalue weighted by molar-refractivity contribution is 6.21. The van der Waals surface area contributed by atoms with Crippen LogP contribution in [0.2, 0.25) is 0 Å². The molecule has 0 aromatic heterocycles. The number of benzene rings is 2. The van der Waals surface area contributed by atoms with Crippen LogP contribution >= 0.6 is 11.6 Å². The van der Waals surface area contributed by atoms with Crippen LogP contribution < -0.4 is 10.4 Å². The molecule has 140 valence electrons. The molecule has 2 bridgehead atoms. The molecule has 1 aliphatic heterocycles. The van der Waals surface area contributed by atoms with Crippen LogP contribution in [-0.2, 0) is 9.63 Å². The van der Waals surface area contributed by atoms with E-state index in [-0.39, 0.29) is 29.3 Å². The Morgan fingerprint density at radius 3 is 2.63 bits per heavy atom. The Labute approximate surface area is 164 Å². The van der Waals surface area contributed by atoms with Crippen molar-refractivity contribution < 1.29 is 9.63 Å². The SMILES string of the molecule is Cc1ccccc1NC(=O)C1[C@H]2C3CC(Cl)C(C3)C2ON1c1ccccc1. The van der Waals surface area contributed by atoms with Gasteiger partial charge in [0.1, 0.15) is 6.04 Å². The van der Waals surface area contributed by atoms with E-state index in [1.165, 1.54) is 0 Å². The summed E-state index contributed by atoms with van der Waals surface area (Å²) in [6.45, 7) is 2.01. The maximum absolute atomic E-state index is 13.4. The van der Waals surface area contributed by atoms with Crippen LogP contribution in [0.1, 0.15) is 18.4 Å². The number of nitrogens with zero attached hydrogens (tertiary/aromatic N) is 1. The number of aryl methyl sites for hydroxylation is 1. The fraction of sp³-hybridized carbons (Fsp3) is 0.409. The molecule has 3 aliphatic rings. The molecule has 1 heterocycles. The Balaban J connectivity index is 1.48. The monoisotopic (exact) mass is 382 g/mol. The van der Waals surface area contributed by atoms with Gasteiger partial charge in [-0.3, -0.25) is 9.63 Å². The number of carbonyl (C=O) groups excluding carboxylic acids is 1. The zero-order valence-corrected chi connectivity index (χ0v) is 16.0. The number of para-hydroxylation sites is 2. The van der Waals surface area contributed by atoms with Crippen LogP contribution in [0, 0.1) is 24.7 Å². The Kier molecular flexibility index (Phi) is 4.14. The number of hydrogen-bond acceptors (Lipinski definition) is 3. The molecule has 3 fully saturated rings. The second kappa shape index (κ2) is 6.54. The van der Waals surface area contributed by atoms with Crippen LogP contribution in [0.5, 0.6) is 0 Å². The van der Waals surface area contributed by atoms with E-state index in [2.05, 4.69) is 5.32 Å². The quantitative estimate of drug-likeness (QED) is 0.800. The van der Waals surface area contributed by atoms with Gasteiger partial charge in [-0.15, -0.1) is 11.6 Å². The minimum atomic E-state index is -0.337. The van der Waals surface area contributed by atoms with Gasteiger partial charge in [0.15, 0.2) is 0 Å². The number of nitrogens with one attached hydrogen (secondary N) is 1. The van der Waals surface area contributed by atoms with Crippen molar-refractivity contribution in [3.63, 3.8) is 0 Å². The van der Waals surface area contributed by atoms with Gasteiger partial charge >= 0.3 is 0 Å². The normalized spacial score (nSPS) is 33.9. The Morgan fingerprint density at radius 1 is 1.11 bits per heavy atom. The van der Waals surface area contributed by atoms with E-state index < -0.39 is 0 Å². The van der Waals surface area contributed by atoms with Gasteiger partial charge < -0.3 is 5.32 Å². The molecule has 0 spiro atoms. The van der Waals surface area contributed by atoms with Gasteiger partial charge in [0.25, 0.3) is 0 Å². The summed E-state index contributed by atoms with van der Waals surface area (Å²) in [6, 6.07) is 17.5. The fourth-order valence-electron chi connectivity index (χ4n) is 5.20. The fourth-order valence-corrected chi connectivity index (χ4v) is 5.68. The second-order valence-corrected chi connectivity index (χ2v) is 8.53.